The highest BCUT2D eigenvalue weighted by Gasteiger charge is 2.26. The zero-order chi connectivity index (χ0) is 16.9. The highest BCUT2D eigenvalue weighted by Crippen LogP contribution is 2.27. The van der Waals surface area contributed by atoms with Gasteiger partial charge in [0.05, 0.1) is 7.11 Å². The van der Waals surface area contributed by atoms with Crippen LogP contribution in [0.3, 0.4) is 0 Å². The first kappa shape index (κ1) is 16.5. The predicted octanol–water partition coefficient (Wildman–Crippen LogP) is 1.66. The minimum atomic E-state index is 0.0461. The molecule has 1 aliphatic heterocycles. The first-order valence-corrected chi connectivity index (χ1v) is 8.72. The van der Waals surface area contributed by atoms with Crippen LogP contribution in [0.1, 0.15) is 18.4 Å². The smallest absolute Gasteiger partial charge is 0.223 e. The molecule has 0 saturated carbocycles. The van der Waals surface area contributed by atoms with Gasteiger partial charge in [-0.25, -0.2) is 0 Å². The summed E-state index contributed by atoms with van der Waals surface area (Å²) in [7, 11) is 1.64. The second-order valence-corrected chi connectivity index (χ2v) is 6.74. The minimum Gasteiger partial charge on any atom is -0.497 e. The maximum absolute atomic E-state index is 12.3. The molecule has 0 unspecified atom stereocenters. The first-order chi connectivity index (χ1) is 11.7. The van der Waals surface area contributed by atoms with Crippen LogP contribution >= 0.6 is 11.3 Å². The van der Waals surface area contributed by atoms with Crippen molar-refractivity contribution in [3.8, 4) is 5.75 Å². The van der Waals surface area contributed by atoms with Gasteiger partial charge < -0.3 is 20.7 Å². The molecule has 128 valence electrons. The number of nitrogens with zero attached hydrogens (tertiary/aromatic N) is 3. The van der Waals surface area contributed by atoms with Crippen LogP contribution < -0.4 is 20.7 Å². The summed E-state index contributed by atoms with van der Waals surface area (Å²) in [5, 5.41) is 12.2. The van der Waals surface area contributed by atoms with Crippen LogP contribution in [0.5, 0.6) is 5.75 Å². The third-order valence-corrected chi connectivity index (χ3v) is 5.01. The highest BCUT2D eigenvalue weighted by molar-refractivity contribution is 7.18. The number of benzene rings is 1. The van der Waals surface area contributed by atoms with Crippen LogP contribution in [0.4, 0.5) is 10.3 Å². The Morgan fingerprint density at radius 2 is 2.04 bits per heavy atom. The molecule has 1 aromatic carbocycles. The summed E-state index contributed by atoms with van der Waals surface area (Å²) >= 11 is 1.39. The summed E-state index contributed by atoms with van der Waals surface area (Å²) in [5.74, 6) is 0.974. The number of rotatable bonds is 5. The number of nitrogen functional groups attached to an aromatic ring is 1. The molecule has 8 heteroatoms. The number of hydrogen-bond acceptors (Lipinski definition) is 7. The summed E-state index contributed by atoms with van der Waals surface area (Å²) in [6.45, 7) is 2.14. The van der Waals surface area contributed by atoms with Gasteiger partial charge in [-0.05, 0) is 30.5 Å². The van der Waals surface area contributed by atoms with Gasteiger partial charge in [0.1, 0.15) is 5.75 Å². The Hall–Kier alpha value is -2.35. The van der Waals surface area contributed by atoms with Gasteiger partial charge in [-0.15, -0.1) is 10.2 Å². The molecule has 1 amide bonds. The molecule has 0 radical (unpaired) electrons. The maximum atomic E-state index is 12.3. The SMILES string of the molecule is COc1ccc(CNC(=O)C2CCN(c3nnc(N)s3)CC2)cc1. The molecule has 0 bridgehead atoms. The average Bonchev–Trinajstić information content (AvgIpc) is 3.06. The fraction of sp³-hybridized carbons (Fsp3) is 0.438. The second kappa shape index (κ2) is 7.48. The van der Waals surface area contributed by atoms with Crippen LogP contribution in [0, 0.1) is 5.92 Å². The quantitative estimate of drug-likeness (QED) is 0.854. The Labute approximate surface area is 144 Å². The third kappa shape index (κ3) is 3.94. The molecule has 1 fully saturated rings. The fourth-order valence-electron chi connectivity index (χ4n) is 2.76. The van der Waals surface area contributed by atoms with Gasteiger partial charge in [-0.2, -0.15) is 0 Å². The van der Waals surface area contributed by atoms with Gasteiger partial charge in [0.25, 0.3) is 0 Å². The van der Waals surface area contributed by atoms with E-state index in [2.05, 4.69) is 20.4 Å². The molecule has 2 aromatic rings. The highest BCUT2D eigenvalue weighted by atomic mass is 32.1. The van der Waals surface area contributed by atoms with E-state index in [0.29, 0.717) is 11.7 Å². The van der Waals surface area contributed by atoms with Crippen molar-refractivity contribution >= 4 is 27.5 Å². The summed E-state index contributed by atoms with van der Waals surface area (Å²) in [6.07, 6.45) is 1.63. The summed E-state index contributed by atoms with van der Waals surface area (Å²) in [4.78, 5) is 14.5. The number of aromatic nitrogens is 2. The molecular weight excluding hydrogens is 326 g/mol. The normalized spacial score (nSPS) is 15.3. The van der Waals surface area contributed by atoms with Gasteiger partial charge in [-0.1, -0.05) is 23.5 Å². The number of anilines is 2. The van der Waals surface area contributed by atoms with Crippen molar-refractivity contribution in [2.24, 2.45) is 5.92 Å². The van der Waals surface area contributed by atoms with Crippen molar-refractivity contribution in [1.82, 2.24) is 15.5 Å². The van der Waals surface area contributed by atoms with Gasteiger partial charge in [0, 0.05) is 25.6 Å². The van der Waals surface area contributed by atoms with Gasteiger partial charge >= 0.3 is 0 Å². The Balaban J connectivity index is 1.46. The number of nitrogens with one attached hydrogen (secondary N) is 1. The van der Waals surface area contributed by atoms with Crippen LogP contribution in [0.25, 0.3) is 0 Å². The molecule has 3 N–H and O–H groups in total. The monoisotopic (exact) mass is 347 g/mol. The van der Waals surface area contributed by atoms with Crippen LogP contribution in [-0.2, 0) is 11.3 Å². The number of piperidine rings is 1. The summed E-state index contributed by atoms with van der Waals surface area (Å²) in [6, 6.07) is 7.71. The second-order valence-electron chi connectivity index (χ2n) is 5.75. The number of nitrogens with two attached hydrogens (primary N) is 1. The zero-order valence-electron chi connectivity index (χ0n) is 13.6. The van der Waals surface area contributed by atoms with Crippen molar-refractivity contribution < 1.29 is 9.53 Å². The molecule has 0 aliphatic carbocycles. The van der Waals surface area contributed by atoms with Crippen molar-refractivity contribution in [3.05, 3.63) is 29.8 Å². The number of hydrogen-bond donors (Lipinski definition) is 2. The Kier molecular flexibility index (Phi) is 5.14. The van der Waals surface area contributed by atoms with Gasteiger partial charge in [0.15, 0.2) is 0 Å². The summed E-state index contributed by atoms with van der Waals surface area (Å²) < 4.78 is 5.13. The van der Waals surface area contributed by atoms with E-state index in [1.807, 2.05) is 24.3 Å². The molecule has 3 rings (SSSR count). The van der Waals surface area contributed by atoms with E-state index in [1.165, 1.54) is 11.3 Å². The number of methoxy groups -OCH3 is 1. The van der Waals surface area contributed by atoms with Crippen molar-refractivity contribution in [3.63, 3.8) is 0 Å². The van der Waals surface area contributed by atoms with E-state index in [0.717, 1.165) is 42.4 Å². The lowest BCUT2D eigenvalue weighted by atomic mass is 9.96. The predicted molar refractivity (Wildman–Crippen MR) is 94.1 cm³/mol. The fourth-order valence-corrected chi connectivity index (χ4v) is 3.43. The average molecular weight is 347 g/mol. The Bertz CT molecular complexity index is 680. The largest absolute Gasteiger partial charge is 0.497 e. The number of carbonyl (C=O) groups excluding carboxylic acids is 1. The maximum Gasteiger partial charge on any atom is 0.223 e. The third-order valence-electron chi connectivity index (χ3n) is 4.19. The first-order valence-electron chi connectivity index (χ1n) is 7.90. The van der Waals surface area contributed by atoms with Gasteiger partial charge in [-0.3, -0.25) is 4.79 Å². The molecule has 1 aromatic heterocycles. The molecule has 1 saturated heterocycles. The Morgan fingerprint density at radius 1 is 1.33 bits per heavy atom. The summed E-state index contributed by atoms with van der Waals surface area (Å²) in [5.41, 5.74) is 6.68. The molecule has 0 spiro atoms. The molecular formula is C16H21N5O2S. The van der Waals surface area contributed by atoms with Crippen LogP contribution in [-0.4, -0.2) is 36.3 Å². The van der Waals surface area contributed by atoms with E-state index < -0.39 is 0 Å². The van der Waals surface area contributed by atoms with Gasteiger partial charge in [0.2, 0.25) is 16.2 Å². The van der Waals surface area contributed by atoms with E-state index in [9.17, 15) is 4.79 Å². The lowest BCUT2D eigenvalue weighted by molar-refractivity contribution is -0.125. The van der Waals surface area contributed by atoms with Crippen molar-refractivity contribution in [1.29, 1.82) is 0 Å². The minimum absolute atomic E-state index is 0.0461. The Morgan fingerprint density at radius 3 is 2.62 bits per heavy atom. The van der Waals surface area contributed by atoms with E-state index >= 15 is 0 Å². The molecule has 2 heterocycles. The molecule has 0 atom stereocenters. The lowest BCUT2D eigenvalue weighted by Crippen LogP contribution is -2.40. The standard InChI is InChI=1S/C16H21N5O2S/c1-23-13-4-2-11(3-5-13)10-18-14(22)12-6-8-21(9-7-12)16-20-19-15(17)24-16/h2-5,12H,6-10H2,1H3,(H2,17,19)(H,18,22). The lowest BCUT2D eigenvalue weighted by Gasteiger charge is -2.30. The molecule has 1 aliphatic rings. The van der Waals surface area contributed by atoms with Crippen molar-refractivity contribution in [2.45, 2.75) is 19.4 Å². The van der Waals surface area contributed by atoms with E-state index in [1.54, 1.807) is 7.11 Å². The number of ether oxygens (including phenoxy) is 1. The zero-order valence-corrected chi connectivity index (χ0v) is 14.4. The number of carbonyl (C=O) groups is 1. The van der Waals surface area contributed by atoms with Crippen molar-refractivity contribution in [2.75, 3.05) is 30.8 Å². The molecule has 7 nitrogen and oxygen atoms in total. The number of amides is 1. The van der Waals surface area contributed by atoms with Crippen LogP contribution in [0.15, 0.2) is 24.3 Å². The topological polar surface area (TPSA) is 93.4 Å². The van der Waals surface area contributed by atoms with E-state index in [4.69, 9.17) is 10.5 Å². The molecule has 24 heavy (non-hydrogen) atoms. The van der Waals surface area contributed by atoms with Crippen LogP contribution in [0.2, 0.25) is 0 Å². The van der Waals surface area contributed by atoms with E-state index in [-0.39, 0.29) is 11.8 Å².